The normalized spacial score (nSPS) is 11.5. The third-order valence-corrected chi connectivity index (χ3v) is 4.37. The van der Waals surface area contributed by atoms with E-state index in [0.717, 1.165) is 17.6 Å². The second-order valence-electron chi connectivity index (χ2n) is 5.35. The molecule has 3 heterocycles. The molecule has 0 saturated heterocycles. The van der Waals surface area contributed by atoms with Crippen molar-refractivity contribution in [3.8, 4) is 22.5 Å². The molecule has 0 radical (unpaired) electrons. The Bertz CT molecular complexity index is 951. The Labute approximate surface area is 138 Å². The summed E-state index contributed by atoms with van der Waals surface area (Å²) in [6.07, 6.45) is 4.20. The van der Waals surface area contributed by atoms with Crippen LogP contribution in [-0.2, 0) is 9.84 Å². The highest BCUT2D eigenvalue weighted by Gasteiger charge is 2.23. The minimum Gasteiger partial charge on any atom is -0.363 e. The van der Waals surface area contributed by atoms with E-state index in [2.05, 4.69) is 30.6 Å². The van der Waals surface area contributed by atoms with Gasteiger partial charge in [0, 0.05) is 38.3 Å². The van der Waals surface area contributed by atoms with E-state index in [1.165, 1.54) is 6.20 Å². The molecule has 3 aromatic rings. The van der Waals surface area contributed by atoms with Gasteiger partial charge in [-0.25, -0.2) is 18.4 Å². The van der Waals surface area contributed by atoms with Crippen molar-refractivity contribution in [2.24, 2.45) is 0 Å². The minimum atomic E-state index is -3.57. The lowest BCUT2D eigenvalue weighted by Crippen LogP contribution is -2.10. The van der Waals surface area contributed by atoms with Crippen LogP contribution in [0.4, 0.5) is 5.82 Å². The molecular formula is C14H15N7O2S. The van der Waals surface area contributed by atoms with Crippen LogP contribution in [0.5, 0.6) is 0 Å². The van der Waals surface area contributed by atoms with Crippen LogP contribution in [0.2, 0.25) is 0 Å². The van der Waals surface area contributed by atoms with Crippen molar-refractivity contribution in [3.63, 3.8) is 0 Å². The quantitative estimate of drug-likeness (QED) is 0.737. The molecule has 0 aromatic carbocycles. The molecule has 24 heavy (non-hydrogen) atoms. The van der Waals surface area contributed by atoms with Crippen molar-refractivity contribution in [2.75, 3.05) is 25.3 Å². The maximum absolute atomic E-state index is 12.1. The number of hydrogen-bond donors (Lipinski definition) is 1. The lowest BCUT2D eigenvalue weighted by Gasteiger charge is -2.13. The van der Waals surface area contributed by atoms with E-state index >= 15 is 0 Å². The van der Waals surface area contributed by atoms with Crippen molar-refractivity contribution in [1.82, 2.24) is 30.6 Å². The van der Waals surface area contributed by atoms with Gasteiger partial charge in [-0.3, -0.25) is 0 Å². The Balaban J connectivity index is 2.25. The fourth-order valence-electron chi connectivity index (χ4n) is 2.26. The molecule has 3 aromatic heterocycles. The predicted octanol–water partition coefficient (Wildman–Crippen LogP) is 0.793. The van der Waals surface area contributed by atoms with Crippen LogP contribution >= 0.6 is 0 Å². The van der Waals surface area contributed by atoms with E-state index in [1.54, 1.807) is 12.3 Å². The van der Waals surface area contributed by atoms with Gasteiger partial charge in [0.25, 0.3) is 0 Å². The highest BCUT2D eigenvalue weighted by Crippen LogP contribution is 2.33. The summed E-state index contributed by atoms with van der Waals surface area (Å²) in [5.74, 6) is 0.951. The van der Waals surface area contributed by atoms with Crippen molar-refractivity contribution < 1.29 is 8.42 Å². The predicted molar refractivity (Wildman–Crippen MR) is 88.1 cm³/mol. The number of aromatic amines is 1. The molecular weight excluding hydrogens is 330 g/mol. The van der Waals surface area contributed by atoms with Gasteiger partial charge < -0.3 is 4.90 Å². The first kappa shape index (κ1) is 16.0. The molecule has 10 heteroatoms. The molecule has 124 valence electrons. The topological polar surface area (TPSA) is 118 Å². The molecule has 0 aliphatic rings. The van der Waals surface area contributed by atoms with E-state index in [0.29, 0.717) is 11.1 Å². The van der Waals surface area contributed by atoms with Crippen molar-refractivity contribution in [1.29, 1.82) is 0 Å². The zero-order valence-electron chi connectivity index (χ0n) is 13.3. The van der Waals surface area contributed by atoms with Crippen LogP contribution in [0.15, 0.2) is 35.6 Å². The van der Waals surface area contributed by atoms with Crippen LogP contribution in [0.1, 0.15) is 0 Å². The zero-order valence-corrected chi connectivity index (χ0v) is 14.1. The highest BCUT2D eigenvalue weighted by atomic mass is 32.2. The molecule has 0 unspecified atom stereocenters. The van der Waals surface area contributed by atoms with Gasteiger partial charge >= 0.3 is 0 Å². The van der Waals surface area contributed by atoms with E-state index in [4.69, 9.17) is 0 Å². The fraction of sp³-hybridized carbons (Fsp3) is 0.214. The number of aromatic nitrogens is 6. The lowest BCUT2D eigenvalue weighted by atomic mass is 10.0. The number of anilines is 1. The smallest absolute Gasteiger partial charge is 0.208 e. The number of pyridine rings is 2. The maximum atomic E-state index is 12.1. The molecule has 0 aliphatic carbocycles. The van der Waals surface area contributed by atoms with Crippen molar-refractivity contribution >= 4 is 15.7 Å². The Kier molecular flexibility index (Phi) is 3.97. The number of hydrogen-bond acceptors (Lipinski definition) is 8. The van der Waals surface area contributed by atoms with Gasteiger partial charge in [0.2, 0.25) is 5.82 Å². The summed E-state index contributed by atoms with van der Waals surface area (Å²) in [5.41, 5.74) is 1.64. The monoisotopic (exact) mass is 345 g/mol. The first-order valence-electron chi connectivity index (χ1n) is 6.94. The fourth-order valence-corrected chi connectivity index (χ4v) is 3.08. The van der Waals surface area contributed by atoms with E-state index < -0.39 is 9.84 Å². The summed E-state index contributed by atoms with van der Waals surface area (Å²) in [4.78, 5) is 10.2. The van der Waals surface area contributed by atoms with Gasteiger partial charge in [-0.2, -0.15) is 5.21 Å². The average molecular weight is 345 g/mol. The summed E-state index contributed by atoms with van der Waals surface area (Å²) in [6.45, 7) is 0. The highest BCUT2D eigenvalue weighted by molar-refractivity contribution is 7.90. The first-order chi connectivity index (χ1) is 11.4. The molecule has 0 atom stereocenters. The Hall–Kier alpha value is -2.88. The molecule has 0 amide bonds. The number of nitrogens with zero attached hydrogens (tertiary/aromatic N) is 6. The van der Waals surface area contributed by atoms with Gasteiger partial charge in [0.15, 0.2) is 14.9 Å². The Morgan fingerprint density at radius 3 is 2.46 bits per heavy atom. The Morgan fingerprint density at radius 2 is 1.92 bits per heavy atom. The molecule has 3 rings (SSSR count). The van der Waals surface area contributed by atoms with Crippen LogP contribution in [0.25, 0.3) is 22.5 Å². The van der Waals surface area contributed by atoms with Crippen LogP contribution in [0, 0.1) is 0 Å². The molecule has 0 aliphatic heterocycles. The van der Waals surface area contributed by atoms with Gasteiger partial charge in [-0.1, -0.05) is 0 Å². The third-order valence-electron chi connectivity index (χ3n) is 3.35. The second-order valence-corrected chi connectivity index (χ2v) is 7.28. The summed E-state index contributed by atoms with van der Waals surface area (Å²) < 4.78 is 24.2. The summed E-state index contributed by atoms with van der Waals surface area (Å²) in [7, 11) is 0.207. The Morgan fingerprint density at radius 1 is 1.12 bits per heavy atom. The number of sulfone groups is 1. The third kappa shape index (κ3) is 2.95. The standard InChI is InChI=1S/C14H15N7O2S/c1-21(2)11-5-4-9(8-16-11)10-6-7-15-14(24(3,22)23)12(10)13-17-19-20-18-13/h4-8H,1-3H3,(H,17,18,19,20). The van der Waals surface area contributed by atoms with Crippen molar-refractivity contribution in [2.45, 2.75) is 5.03 Å². The summed E-state index contributed by atoms with van der Waals surface area (Å²) in [6, 6.07) is 5.40. The molecule has 0 bridgehead atoms. The van der Waals surface area contributed by atoms with E-state index in [9.17, 15) is 8.42 Å². The number of tetrazole rings is 1. The minimum absolute atomic E-state index is 0.0990. The van der Waals surface area contributed by atoms with Gasteiger partial charge in [0.05, 0.1) is 5.56 Å². The van der Waals surface area contributed by atoms with Crippen LogP contribution < -0.4 is 4.90 Å². The molecule has 1 N–H and O–H groups in total. The maximum Gasteiger partial charge on any atom is 0.208 e. The SMILES string of the molecule is CN(C)c1ccc(-c2ccnc(S(C)(=O)=O)c2-c2nn[nH]n2)cn1. The summed E-state index contributed by atoms with van der Waals surface area (Å²) in [5, 5.41) is 13.6. The largest absolute Gasteiger partial charge is 0.363 e. The van der Waals surface area contributed by atoms with Gasteiger partial charge in [0.1, 0.15) is 5.82 Å². The second kappa shape index (κ2) is 5.96. The summed E-state index contributed by atoms with van der Waals surface area (Å²) >= 11 is 0. The molecule has 0 spiro atoms. The van der Waals surface area contributed by atoms with E-state index in [-0.39, 0.29) is 10.9 Å². The molecule has 9 nitrogen and oxygen atoms in total. The number of rotatable bonds is 4. The van der Waals surface area contributed by atoms with Crippen LogP contribution in [-0.4, -0.2) is 59.4 Å². The average Bonchev–Trinajstić information content (AvgIpc) is 3.07. The number of nitrogens with one attached hydrogen (secondary N) is 1. The first-order valence-corrected chi connectivity index (χ1v) is 8.83. The molecule has 0 fully saturated rings. The number of H-pyrrole nitrogens is 1. The zero-order chi connectivity index (χ0) is 17.3. The lowest BCUT2D eigenvalue weighted by molar-refractivity contribution is 0.598. The van der Waals surface area contributed by atoms with E-state index in [1.807, 2.05) is 31.1 Å². The van der Waals surface area contributed by atoms with Crippen molar-refractivity contribution in [3.05, 3.63) is 30.6 Å². The van der Waals surface area contributed by atoms with Crippen LogP contribution in [0.3, 0.4) is 0 Å². The van der Waals surface area contributed by atoms with Gasteiger partial charge in [-0.15, -0.1) is 10.2 Å². The molecule has 0 saturated carbocycles. The van der Waals surface area contributed by atoms with Gasteiger partial charge in [-0.05, 0) is 29.0 Å².